The molecule has 1 aromatic carbocycles. The van der Waals surface area contributed by atoms with Gasteiger partial charge in [-0.05, 0) is 25.3 Å². The van der Waals surface area contributed by atoms with Crippen molar-refractivity contribution in [2.75, 3.05) is 0 Å². The predicted molar refractivity (Wildman–Crippen MR) is 101 cm³/mol. The Hall–Kier alpha value is -1.82. The molecule has 1 N–H and O–H groups in total. The molecule has 0 aromatic heterocycles. The Labute approximate surface area is 160 Å². The SMILES string of the molecule is C=CC[C@@H](CCCCCC)O[C@H](c1ccccc1)[C@@H](C)NC(=O)C(F)(F)F. The summed E-state index contributed by atoms with van der Waals surface area (Å²) < 4.78 is 44.1. The van der Waals surface area contributed by atoms with Crippen LogP contribution in [0.25, 0.3) is 0 Å². The minimum atomic E-state index is -4.92. The van der Waals surface area contributed by atoms with Crippen LogP contribution in [0.15, 0.2) is 43.0 Å². The third-order valence-corrected chi connectivity index (χ3v) is 4.35. The van der Waals surface area contributed by atoms with E-state index in [1.165, 1.54) is 6.92 Å². The molecule has 1 rings (SSSR count). The number of hydrogen-bond donors (Lipinski definition) is 1. The van der Waals surface area contributed by atoms with Gasteiger partial charge < -0.3 is 10.1 Å². The number of hydrogen-bond acceptors (Lipinski definition) is 2. The molecule has 0 saturated carbocycles. The van der Waals surface area contributed by atoms with Crippen molar-refractivity contribution < 1.29 is 22.7 Å². The van der Waals surface area contributed by atoms with Crippen molar-refractivity contribution in [3.8, 4) is 0 Å². The van der Waals surface area contributed by atoms with E-state index in [9.17, 15) is 18.0 Å². The Bertz CT molecular complexity index is 560. The van der Waals surface area contributed by atoms with Crippen molar-refractivity contribution in [3.63, 3.8) is 0 Å². The number of rotatable bonds is 12. The molecule has 0 spiro atoms. The van der Waals surface area contributed by atoms with Gasteiger partial charge >= 0.3 is 12.1 Å². The molecule has 1 aromatic rings. The van der Waals surface area contributed by atoms with Crippen molar-refractivity contribution in [1.82, 2.24) is 5.32 Å². The Kier molecular flexibility index (Phi) is 10.1. The summed E-state index contributed by atoms with van der Waals surface area (Å²) in [7, 11) is 0. The summed E-state index contributed by atoms with van der Waals surface area (Å²) in [4.78, 5) is 11.4. The zero-order chi connectivity index (χ0) is 20.3. The van der Waals surface area contributed by atoms with Crippen molar-refractivity contribution in [2.24, 2.45) is 0 Å². The maximum absolute atomic E-state index is 12.6. The van der Waals surface area contributed by atoms with Crippen LogP contribution in [-0.4, -0.2) is 24.2 Å². The van der Waals surface area contributed by atoms with Gasteiger partial charge in [-0.15, -0.1) is 6.58 Å². The maximum Gasteiger partial charge on any atom is 0.471 e. The Morgan fingerprint density at radius 1 is 1.22 bits per heavy atom. The normalized spacial score (nSPS) is 15.0. The second kappa shape index (κ2) is 11.8. The molecule has 0 unspecified atom stereocenters. The van der Waals surface area contributed by atoms with Crippen LogP contribution in [0.3, 0.4) is 0 Å². The Morgan fingerprint density at radius 2 is 1.89 bits per heavy atom. The number of carbonyl (C=O) groups is 1. The average molecular weight is 385 g/mol. The standard InChI is InChI=1S/C21H30F3NO2/c1-4-6-7-11-15-18(12-5-2)27-19(17-13-9-8-10-14-17)16(3)25-20(26)21(22,23)24/h5,8-10,13-14,16,18-19H,2,4,6-7,11-12,15H2,1,3H3,(H,25,26)/t16-,18+,19+/m1/s1. The second-order valence-corrected chi connectivity index (χ2v) is 6.72. The minimum Gasteiger partial charge on any atom is -0.368 e. The predicted octanol–water partition coefficient (Wildman–Crippen LogP) is 5.73. The van der Waals surface area contributed by atoms with E-state index in [-0.39, 0.29) is 6.10 Å². The van der Waals surface area contributed by atoms with Gasteiger partial charge in [-0.2, -0.15) is 13.2 Å². The molecule has 0 saturated heterocycles. The quantitative estimate of drug-likeness (QED) is 0.369. The lowest BCUT2D eigenvalue weighted by atomic mass is 10.0. The van der Waals surface area contributed by atoms with Gasteiger partial charge in [-0.25, -0.2) is 0 Å². The van der Waals surface area contributed by atoms with E-state index < -0.39 is 24.2 Å². The molecule has 152 valence electrons. The number of benzene rings is 1. The molecule has 3 atom stereocenters. The molecular formula is C21H30F3NO2. The number of amides is 1. The lowest BCUT2D eigenvalue weighted by Crippen LogP contribution is -2.45. The van der Waals surface area contributed by atoms with Crippen LogP contribution in [0.2, 0.25) is 0 Å². The molecule has 0 radical (unpaired) electrons. The van der Waals surface area contributed by atoms with E-state index in [0.717, 1.165) is 37.7 Å². The van der Waals surface area contributed by atoms with E-state index in [1.54, 1.807) is 30.3 Å². The first kappa shape index (κ1) is 23.2. The summed E-state index contributed by atoms with van der Waals surface area (Å²) in [6.07, 6.45) is 1.75. The summed E-state index contributed by atoms with van der Waals surface area (Å²) >= 11 is 0. The third-order valence-electron chi connectivity index (χ3n) is 4.35. The van der Waals surface area contributed by atoms with Gasteiger partial charge in [-0.3, -0.25) is 4.79 Å². The first-order valence-corrected chi connectivity index (χ1v) is 9.48. The molecule has 0 bridgehead atoms. The lowest BCUT2D eigenvalue weighted by molar-refractivity contribution is -0.175. The average Bonchev–Trinajstić information content (AvgIpc) is 2.62. The fourth-order valence-corrected chi connectivity index (χ4v) is 2.93. The monoisotopic (exact) mass is 385 g/mol. The number of unbranched alkanes of at least 4 members (excludes halogenated alkanes) is 3. The van der Waals surface area contributed by atoms with Gasteiger partial charge in [0.05, 0.1) is 12.1 Å². The number of nitrogens with one attached hydrogen (secondary N) is 1. The highest BCUT2D eigenvalue weighted by molar-refractivity contribution is 5.81. The van der Waals surface area contributed by atoms with Gasteiger partial charge in [0.25, 0.3) is 0 Å². The van der Waals surface area contributed by atoms with Crippen LogP contribution in [0.1, 0.15) is 64.0 Å². The zero-order valence-corrected chi connectivity index (χ0v) is 16.1. The van der Waals surface area contributed by atoms with Gasteiger partial charge in [0.15, 0.2) is 0 Å². The highest BCUT2D eigenvalue weighted by Gasteiger charge is 2.40. The highest BCUT2D eigenvalue weighted by Crippen LogP contribution is 2.27. The van der Waals surface area contributed by atoms with Crippen molar-refractivity contribution in [3.05, 3.63) is 48.6 Å². The third kappa shape index (κ3) is 8.61. The van der Waals surface area contributed by atoms with Crippen molar-refractivity contribution in [1.29, 1.82) is 0 Å². The Balaban J connectivity index is 2.89. The first-order chi connectivity index (χ1) is 12.8. The van der Waals surface area contributed by atoms with Crippen LogP contribution in [0, 0.1) is 0 Å². The summed E-state index contributed by atoms with van der Waals surface area (Å²) in [6, 6.07) is 8.18. The number of halogens is 3. The molecule has 27 heavy (non-hydrogen) atoms. The van der Waals surface area contributed by atoms with Crippen molar-refractivity contribution >= 4 is 5.91 Å². The maximum atomic E-state index is 12.6. The highest BCUT2D eigenvalue weighted by atomic mass is 19.4. The van der Waals surface area contributed by atoms with E-state index in [1.807, 2.05) is 11.4 Å². The van der Waals surface area contributed by atoms with Crippen molar-refractivity contribution in [2.45, 2.75) is 76.8 Å². The van der Waals surface area contributed by atoms with Gasteiger partial charge in [-0.1, -0.05) is 69.0 Å². The topological polar surface area (TPSA) is 38.3 Å². The number of carbonyl (C=O) groups excluding carboxylic acids is 1. The summed E-state index contributed by atoms with van der Waals surface area (Å²) in [5, 5.41) is 2.03. The van der Waals surface area contributed by atoms with E-state index in [2.05, 4.69) is 13.5 Å². The van der Waals surface area contributed by atoms with Crippen LogP contribution in [0.4, 0.5) is 13.2 Å². The van der Waals surface area contributed by atoms with Gasteiger partial charge in [0, 0.05) is 0 Å². The fraction of sp³-hybridized carbons (Fsp3) is 0.571. The zero-order valence-electron chi connectivity index (χ0n) is 16.1. The number of ether oxygens (including phenoxy) is 1. The molecule has 3 nitrogen and oxygen atoms in total. The van der Waals surface area contributed by atoms with Gasteiger partial charge in [0.2, 0.25) is 0 Å². The Morgan fingerprint density at radius 3 is 2.44 bits per heavy atom. The van der Waals surface area contributed by atoms with E-state index in [0.29, 0.717) is 6.42 Å². The molecule has 0 fully saturated rings. The van der Waals surface area contributed by atoms with Crippen LogP contribution < -0.4 is 5.32 Å². The minimum absolute atomic E-state index is 0.158. The molecule has 0 aliphatic carbocycles. The molecular weight excluding hydrogens is 355 g/mol. The van der Waals surface area contributed by atoms with E-state index in [4.69, 9.17) is 4.74 Å². The first-order valence-electron chi connectivity index (χ1n) is 9.48. The van der Waals surface area contributed by atoms with Gasteiger partial charge in [0.1, 0.15) is 6.10 Å². The molecule has 0 aliphatic rings. The van der Waals surface area contributed by atoms with Crippen LogP contribution >= 0.6 is 0 Å². The molecule has 6 heteroatoms. The number of alkyl halides is 3. The largest absolute Gasteiger partial charge is 0.471 e. The van der Waals surface area contributed by atoms with Crippen LogP contribution in [-0.2, 0) is 9.53 Å². The van der Waals surface area contributed by atoms with Crippen LogP contribution in [0.5, 0.6) is 0 Å². The smallest absolute Gasteiger partial charge is 0.368 e. The second-order valence-electron chi connectivity index (χ2n) is 6.72. The van der Waals surface area contributed by atoms with E-state index >= 15 is 0 Å². The summed E-state index contributed by atoms with van der Waals surface area (Å²) in [5.74, 6) is -1.96. The molecule has 0 aliphatic heterocycles. The fourth-order valence-electron chi connectivity index (χ4n) is 2.93. The molecule has 0 heterocycles. The lowest BCUT2D eigenvalue weighted by Gasteiger charge is -2.30. The summed E-state index contributed by atoms with van der Waals surface area (Å²) in [6.45, 7) is 7.42. The molecule has 1 amide bonds. The summed E-state index contributed by atoms with van der Waals surface area (Å²) in [5.41, 5.74) is 0.732.